The molecule has 2 aromatic rings. The third-order valence-corrected chi connectivity index (χ3v) is 5.77. The lowest BCUT2D eigenvalue weighted by atomic mass is 10.1. The van der Waals surface area contributed by atoms with Gasteiger partial charge in [-0.2, -0.15) is 0 Å². The number of para-hydroxylation sites is 2. The van der Waals surface area contributed by atoms with Crippen LogP contribution in [0.1, 0.15) is 16.8 Å². The minimum absolute atomic E-state index is 0.00716. The van der Waals surface area contributed by atoms with Crippen LogP contribution >= 0.6 is 0 Å². The number of carbonyl (C=O) groups excluding carboxylic acids is 2. The molecule has 2 aromatic carbocycles. The van der Waals surface area contributed by atoms with E-state index in [2.05, 4.69) is 10.9 Å². The largest absolute Gasteiger partial charge is 0.457 e. The Hall–Kier alpha value is -2.87. The Balaban J connectivity index is 1.64. The van der Waals surface area contributed by atoms with Crippen LogP contribution in [0.2, 0.25) is 0 Å². The molecule has 0 saturated carbocycles. The second-order valence-corrected chi connectivity index (χ2v) is 8.18. The summed E-state index contributed by atoms with van der Waals surface area (Å²) < 4.78 is 28.6. The lowest BCUT2D eigenvalue weighted by Gasteiger charge is -2.13. The van der Waals surface area contributed by atoms with E-state index >= 15 is 0 Å². The molecule has 1 aliphatic rings. The summed E-state index contributed by atoms with van der Waals surface area (Å²) >= 11 is 0. The molecule has 0 bridgehead atoms. The number of benzene rings is 2. The fourth-order valence-corrected chi connectivity index (χ4v) is 4.39. The van der Waals surface area contributed by atoms with E-state index in [4.69, 9.17) is 4.74 Å². The van der Waals surface area contributed by atoms with Crippen LogP contribution in [0.15, 0.2) is 54.6 Å². The van der Waals surface area contributed by atoms with Gasteiger partial charge in [0, 0.05) is 0 Å². The smallest absolute Gasteiger partial charge is 0.273 e. The van der Waals surface area contributed by atoms with Gasteiger partial charge in [0.25, 0.3) is 5.91 Å². The van der Waals surface area contributed by atoms with Gasteiger partial charge in [0.1, 0.15) is 11.5 Å². The van der Waals surface area contributed by atoms with Crippen molar-refractivity contribution in [1.82, 2.24) is 10.9 Å². The van der Waals surface area contributed by atoms with Gasteiger partial charge < -0.3 is 4.74 Å². The zero-order valence-corrected chi connectivity index (χ0v) is 14.7. The number of rotatable bonds is 4. The van der Waals surface area contributed by atoms with Crippen LogP contribution in [0.5, 0.6) is 11.5 Å². The Morgan fingerprint density at radius 1 is 0.962 bits per heavy atom. The second-order valence-electron chi connectivity index (χ2n) is 5.95. The van der Waals surface area contributed by atoms with Crippen molar-refractivity contribution < 1.29 is 22.7 Å². The van der Waals surface area contributed by atoms with Crippen molar-refractivity contribution in [3.8, 4) is 11.5 Å². The van der Waals surface area contributed by atoms with Gasteiger partial charge in [-0.25, -0.2) is 8.42 Å². The Kier molecular flexibility index (Phi) is 5.22. The van der Waals surface area contributed by atoms with Crippen molar-refractivity contribution >= 4 is 21.7 Å². The Morgan fingerprint density at radius 2 is 1.65 bits per heavy atom. The number of amides is 2. The summed E-state index contributed by atoms with van der Waals surface area (Å²) in [6.07, 6.45) is 0.262. The van der Waals surface area contributed by atoms with Crippen molar-refractivity contribution in [3.05, 3.63) is 60.2 Å². The molecule has 2 amide bonds. The molecule has 0 aliphatic carbocycles. The van der Waals surface area contributed by atoms with Crippen molar-refractivity contribution in [1.29, 1.82) is 0 Å². The van der Waals surface area contributed by atoms with Gasteiger partial charge in [-0.05, 0) is 30.7 Å². The van der Waals surface area contributed by atoms with E-state index in [1.807, 2.05) is 18.2 Å². The molecule has 0 spiro atoms. The third kappa shape index (κ3) is 4.40. The van der Waals surface area contributed by atoms with Crippen molar-refractivity contribution in [2.45, 2.75) is 6.42 Å². The molecule has 2 N–H and O–H groups in total. The van der Waals surface area contributed by atoms with Crippen molar-refractivity contribution in [3.63, 3.8) is 0 Å². The summed E-state index contributed by atoms with van der Waals surface area (Å²) in [7, 11) is -3.17. The molecule has 0 radical (unpaired) electrons. The zero-order chi connectivity index (χ0) is 18.6. The minimum atomic E-state index is -3.17. The maximum Gasteiger partial charge on any atom is 0.273 e. The fourth-order valence-electron chi connectivity index (χ4n) is 2.65. The number of carbonyl (C=O) groups is 2. The first-order valence-corrected chi connectivity index (χ1v) is 9.89. The molecule has 1 saturated heterocycles. The Labute approximate surface area is 151 Å². The van der Waals surface area contributed by atoms with E-state index in [-0.39, 0.29) is 23.5 Å². The molecule has 26 heavy (non-hydrogen) atoms. The summed E-state index contributed by atoms with van der Waals surface area (Å²) in [4.78, 5) is 24.4. The van der Waals surface area contributed by atoms with E-state index in [0.717, 1.165) is 0 Å². The average molecular weight is 374 g/mol. The van der Waals surface area contributed by atoms with Crippen LogP contribution in [0, 0.1) is 5.92 Å². The highest BCUT2D eigenvalue weighted by atomic mass is 32.2. The van der Waals surface area contributed by atoms with Crippen LogP contribution < -0.4 is 15.6 Å². The SMILES string of the molecule is O=C(NNC(=O)C1CCS(=O)(=O)C1)c1ccccc1Oc1ccccc1. The first kappa shape index (κ1) is 17.9. The number of sulfone groups is 1. The van der Waals surface area contributed by atoms with Crippen LogP contribution in [-0.4, -0.2) is 31.7 Å². The fraction of sp³-hybridized carbons (Fsp3) is 0.222. The molecule has 0 aromatic heterocycles. The molecule has 1 unspecified atom stereocenters. The highest BCUT2D eigenvalue weighted by Gasteiger charge is 2.33. The number of ether oxygens (including phenoxy) is 1. The van der Waals surface area contributed by atoms with Gasteiger partial charge in [0.2, 0.25) is 5.91 Å². The summed E-state index contributed by atoms with van der Waals surface area (Å²) in [5, 5.41) is 0. The van der Waals surface area contributed by atoms with Crippen LogP contribution in [-0.2, 0) is 14.6 Å². The maximum atomic E-state index is 12.4. The lowest BCUT2D eigenvalue weighted by Crippen LogP contribution is -2.44. The third-order valence-electron chi connectivity index (χ3n) is 4.01. The Morgan fingerprint density at radius 3 is 2.35 bits per heavy atom. The molecule has 1 fully saturated rings. The quantitative estimate of drug-likeness (QED) is 0.793. The average Bonchev–Trinajstić information content (AvgIpc) is 3.01. The van der Waals surface area contributed by atoms with Gasteiger partial charge in [0.05, 0.1) is 23.0 Å². The number of hydrogen-bond acceptors (Lipinski definition) is 5. The van der Waals surface area contributed by atoms with Gasteiger partial charge in [-0.15, -0.1) is 0 Å². The molecule has 7 nitrogen and oxygen atoms in total. The van der Waals surface area contributed by atoms with Crippen LogP contribution in [0.4, 0.5) is 0 Å². The van der Waals surface area contributed by atoms with Gasteiger partial charge in [-0.3, -0.25) is 20.4 Å². The number of hydrazine groups is 1. The highest BCUT2D eigenvalue weighted by Crippen LogP contribution is 2.25. The zero-order valence-electron chi connectivity index (χ0n) is 13.8. The molecule has 1 aliphatic heterocycles. The van der Waals surface area contributed by atoms with E-state index in [0.29, 0.717) is 11.5 Å². The topological polar surface area (TPSA) is 102 Å². The van der Waals surface area contributed by atoms with Gasteiger partial charge in [-0.1, -0.05) is 30.3 Å². The van der Waals surface area contributed by atoms with Gasteiger partial charge >= 0.3 is 0 Å². The minimum Gasteiger partial charge on any atom is -0.457 e. The molecule has 3 rings (SSSR count). The molecular weight excluding hydrogens is 356 g/mol. The molecule has 1 heterocycles. The highest BCUT2D eigenvalue weighted by molar-refractivity contribution is 7.91. The van der Waals surface area contributed by atoms with Crippen molar-refractivity contribution in [2.75, 3.05) is 11.5 Å². The van der Waals surface area contributed by atoms with Crippen LogP contribution in [0.3, 0.4) is 0 Å². The summed E-state index contributed by atoms with van der Waals surface area (Å²) in [5.74, 6) is -0.987. The lowest BCUT2D eigenvalue weighted by molar-refractivity contribution is -0.125. The first-order valence-electron chi connectivity index (χ1n) is 8.07. The van der Waals surface area contributed by atoms with E-state index in [1.165, 1.54) is 0 Å². The van der Waals surface area contributed by atoms with E-state index < -0.39 is 27.6 Å². The number of hydrogen-bond donors (Lipinski definition) is 2. The number of nitrogens with one attached hydrogen (secondary N) is 2. The van der Waals surface area contributed by atoms with Gasteiger partial charge in [0.15, 0.2) is 9.84 Å². The molecule has 8 heteroatoms. The monoisotopic (exact) mass is 374 g/mol. The predicted octanol–water partition coefficient (Wildman–Crippen LogP) is 1.67. The van der Waals surface area contributed by atoms with Crippen LogP contribution in [0.25, 0.3) is 0 Å². The summed E-state index contributed by atoms with van der Waals surface area (Å²) in [6, 6.07) is 15.6. The molecule has 136 valence electrons. The molecule has 1 atom stereocenters. The normalized spacial score (nSPS) is 18.1. The first-order chi connectivity index (χ1) is 12.4. The summed E-state index contributed by atoms with van der Waals surface area (Å²) in [6.45, 7) is 0. The van der Waals surface area contributed by atoms with E-state index in [1.54, 1.807) is 36.4 Å². The van der Waals surface area contributed by atoms with E-state index in [9.17, 15) is 18.0 Å². The van der Waals surface area contributed by atoms with Crippen molar-refractivity contribution in [2.24, 2.45) is 5.92 Å². The maximum absolute atomic E-state index is 12.4. The summed E-state index contributed by atoms with van der Waals surface area (Å²) in [5.41, 5.74) is 4.86. The standard InChI is InChI=1S/C18H18N2O5S/c21-17(13-10-11-26(23,24)12-13)19-20-18(22)15-8-4-5-9-16(15)25-14-6-2-1-3-7-14/h1-9,13H,10-12H2,(H,19,21)(H,20,22). The second kappa shape index (κ2) is 7.57. The molecular formula is C18H18N2O5S. The predicted molar refractivity (Wildman–Crippen MR) is 95.3 cm³/mol. The Bertz CT molecular complexity index is 912.